The molecule has 2 fully saturated rings. The Morgan fingerprint density at radius 1 is 0.536 bits per heavy atom. The van der Waals surface area contributed by atoms with Gasteiger partial charge in [-0.2, -0.15) is 0 Å². The van der Waals surface area contributed by atoms with E-state index in [0.29, 0.717) is 19.3 Å². The highest BCUT2D eigenvalue weighted by atomic mass is 16.7. The number of hydrogen-bond acceptors (Lipinski definition) is 13. The van der Waals surface area contributed by atoms with E-state index in [1.807, 2.05) is 0 Å². The Morgan fingerprint density at radius 3 is 1.54 bits per heavy atom. The van der Waals surface area contributed by atoms with Crippen LogP contribution in [0.2, 0.25) is 0 Å². The van der Waals surface area contributed by atoms with Crippen LogP contribution in [0.1, 0.15) is 174 Å². The Hall–Kier alpha value is -2.57. The lowest BCUT2D eigenvalue weighted by atomic mass is 9.97. The SMILES string of the molecule is CC/C=C\C/C=C\C/C=C\C/C=C\C/C=C\C/C=C\CCCCCCCCCCCCC(=O)NC(COC1OC(CO)C(OC2OC(CO)C(O)C(O)C2O)C(O)C1O)C(O)CCCCCCCC. The molecule has 2 aliphatic heterocycles. The third kappa shape index (κ3) is 27.7. The van der Waals surface area contributed by atoms with Gasteiger partial charge in [-0.3, -0.25) is 4.79 Å². The van der Waals surface area contributed by atoms with Crippen molar-refractivity contribution in [1.82, 2.24) is 5.32 Å². The average molecular weight is 978 g/mol. The van der Waals surface area contributed by atoms with Crippen molar-refractivity contribution in [2.45, 2.75) is 248 Å². The fourth-order valence-corrected chi connectivity index (χ4v) is 8.36. The zero-order valence-electron chi connectivity index (χ0n) is 42.3. The number of carbonyl (C=O) groups excluding carboxylic acids is 1. The van der Waals surface area contributed by atoms with Gasteiger partial charge in [-0.1, -0.05) is 177 Å². The number of rotatable bonds is 40. The van der Waals surface area contributed by atoms with E-state index in [1.165, 1.54) is 38.5 Å². The summed E-state index contributed by atoms with van der Waals surface area (Å²) in [7, 11) is 0. The molecule has 2 saturated heterocycles. The lowest BCUT2D eigenvalue weighted by Crippen LogP contribution is -2.65. The Labute approximate surface area is 415 Å². The smallest absolute Gasteiger partial charge is 0.220 e. The summed E-state index contributed by atoms with van der Waals surface area (Å²) in [6.07, 6.45) is 35.3. The van der Waals surface area contributed by atoms with Crippen LogP contribution in [0.5, 0.6) is 0 Å². The fourth-order valence-electron chi connectivity index (χ4n) is 8.36. The van der Waals surface area contributed by atoms with Gasteiger partial charge in [0, 0.05) is 6.42 Å². The summed E-state index contributed by atoms with van der Waals surface area (Å²) in [5.41, 5.74) is 0. The second-order valence-electron chi connectivity index (χ2n) is 18.6. The molecule has 1 amide bonds. The minimum atomic E-state index is -1.78. The number of unbranched alkanes of at least 4 members (excludes halogenated alkanes) is 15. The summed E-state index contributed by atoms with van der Waals surface area (Å²) in [4.78, 5) is 13.1. The van der Waals surface area contributed by atoms with Crippen molar-refractivity contribution in [2.75, 3.05) is 19.8 Å². The highest BCUT2D eigenvalue weighted by Crippen LogP contribution is 2.30. The van der Waals surface area contributed by atoms with Gasteiger partial charge in [-0.25, -0.2) is 0 Å². The Kier molecular flexibility index (Phi) is 37.1. The predicted octanol–water partition coefficient (Wildman–Crippen LogP) is 7.60. The molecule has 14 nitrogen and oxygen atoms in total. The lowest BCUT2D eigenvalue weighted by molar-refractivity contribution is -0.359. The quantitative estimate of drug-likeness (QED) is 0.0213. The minimum Gasteiger partial charge on any atom is -0.394 e. The van der Waals surface area contributed by atoms with Crippen LogP contribution in [0, 0.1) is 0 Å². The van der Waals surface area contributed by atoms with Gasteiger partial charge in [-0.05, 0) is 64.2 Å². The first-order chi connectivity index (χ1) is 33.6. The van der Waals surface area contributed by atoms with E-state index in [0.717, 1.165) is 103 Å². The standard InChI is InChI=1S/C55H95NO13/c1-3-5-7-9-11-12-13-14-15-16-17-18-19-20-21-22-23-24-25-26-27-28-29-30-31-32-33-35-37-39-47(60)56-43(44(59)38-36-34-10-8-6-4-2)42-66-54-52(65)50(63)53(46(41-58)68-54)69-55-51(64)49(62)48(61)45(40-57)67-55/h5,7,11-12,14-15,17-18,20-21,23-24,43-46,48-55,57-59,61-65H,3-4,6,8-10,13,16,19,22,25-42H2,1-2H3,(H,56,60)/b7-5-,12-11-,15-14-,18-17-,21-20-,24-23-. The molecule has 2 rings (SSSR count). The third-order valence-corrected chi connectivity index (χ3v) is 12.7. The second kappa shape index (κ2) is 41.0. The molecule has 12 atom stereocenters. The van der Waals surface area contributed by atoms with Crippen molar-refractivity contribution in [3.63, 3.8) is 0 Å². The molecular formula is C55H95NO13. The maximum absolute atomic E-state index is 13.1. The van der Waals surface area contributed by atoms with Crippen LogP contribution in [0.3, 0.4) is 0 Å². The monoisotopic (exact) mass is 978 g/mol. The Bertz CT molecular complexity index is 1430. The second-order valence-corrected chi connectivity index (χ2v) is 18.6. The Balaban J connectivity index is 1.64. The molecule has 2 heterocycles. The topological polar surface area (TPSA) is 228 Å². The van der Waals surface area contributed by atoms with Crippen LogP contribution in [-0.4, -0.2) is 140 Å². The molecule has 0 aromatic heterocycles. The third-order valence-electron chi connectivity index (χ3n) is 12.7. The van der Waals surface area contributed by atoms with Crippen molar-refractivity contribution in [3.05, 3.63) is 72.9 Å². The van der Waals surface area contributed by atoms with E-state index in [1.54, 1.807) is 0 Å². The van der Waals surface area contributed by atoms with Crippen molar-refractivity contribution in [3.8, 4) is 0 Å². The van der Waals surface area contributed by atoms with Gasteiger partial charge in [-0.15, -0.1) is 0 Å². The molecule has 0 aliphatic carbocycles. The number of allylic oxidation sites excluding steroid dienone is 12. The predicted molar refractivity (Wildman–Crippen MR) is 272 cm³/mol. The van der Waals surface area contributed by atoms with E-state index in [4.69, 9.17) is 18.9 Å². The van der Waals surface area contributed by atoms with Gasteiger partial charge in [0.05, 0.1) is 32.0 Å². The van der Waals surface area contributed by atoms with Crippen LogP contribution in [0.15, 0.2) is 72.9 Å². The zero-order valence-corrected chi connectivity index (χ0v) is 42.3. The molecule has 12 unspecified atom stereocenters. The summed E-state index contributed by atoms with van der Waals surface area (Å²) in [5.74, 6) is -0.221. The number of ether oxygens (including phenoxy) is 4. The minimum absolute atomic E-state index is 0.221. The first kappa shape index (κ1) is 62.5. The normalized spacial score (nSPS) is 26.8. The van der Waals surface area contributed by atoms with E-state index in [-0.39, 0.29) is 12.5 Å². The van der Waals surface area contributed by atoms with Gasteiger partial charge < -0.3 is 65.1 Å². The molecule has 2 aliphatic rings. The molecule has 69 heavy (non-hydrogen) atoms. The number of aliphatic hydroxyl groups is 8. The number of aliphatic hydroxyl groups excluding tert-OH is 8. The maximum Gasteiger partial charge on any atom is 0.220 e. The first-order valence-electron chi connectivity index (χ1n) is 26.7. The van der Waals surface area contributed by atoms with Crippen LogP contribution in [0.4, 0.5) is 0 Å². The molecular weight excluding hydrogens is 883 g/mol. The number of hydrogen-bond donors (Lipinski definition) is 9. The fraction of sp³-hybridized carbons (Fsp3) is 0.764. The molecule has 14 heteroatoms. The van der Waals surface area contributed by atoms with Gasteiger partial charge in [0.2, 0.25) is 5.91 Å². The van der Waals surface area contributed by atoms with Gasteiger partial charge >= 0.3 is 0 Å². The van der Waals surface area contributed by atoms with Crippen molar-refractivity contribution < 1.29 is 64.6 Å². The van der Waals surface area contributed by atoms with E-state index >= 15 is 0 Å². The number of nitrogens with one attached hydrogen (secondary N) is 1. The lowest BCUT2D eigenvalue weighted by Gasteiger charge is -2.46. The maximum atomic E-state index is 13.1. The first-order valence-corrected chi connectivity index (χ1v) is 26.7. The molecule has 0 radical (unpaired) electrons. The summed E-state index contributed by atoms with van der Waals surface area (Å²) in [6, 6.07) is -0.831. The van der Waals surface area contributed by atoms with Gasteiger partial charge in [0.1, 0.15) is 48.8 Å². The molecule has 9 N–H and O–H groups in total. The summed E-state index contributed by atoms with van der Waals surface area (Å²) in [6.45, 7) is 2.64. The van der Waals surface area contributed by atoms with E-state index in [9.17, 15) is 45.6 Å². The molecule has 0 aromatic carbocycles. The molecule has 0 saturated carbocycles. The van der Waals surface area contributed by atoms with Gasteiger partial charge in [0.25, 0.3) is 0 Å². The number of carbonyl (C=O) groups is 1. The highest BCUT2D eigenvalue weighted by molar-refractivity contribution is 5.76. The van der Waals surface area contributed by atoms with E-state index < -0.39 is 86.8 Å². The highest BCUT2D eigenvalue weighted by Gasteiger charge is 2.51. The van der Waals surface area contributed by atoms with Crippen LogP contribution < -0.4 is 5.32 Å². The molecule has 0 bridgehead atoms. The van der Waals surface area contributed by atoms with Crippen molar-refractivity contribution in [2.24, 2.45) is 0 Å². The molecule has 0 aromatic rings. The largest absolute Gasteiger partial charge is 0.394 e. The summed E-state index contributed by atoms with van der Waals surface area (Å²) >= 11 is 0. The van der Waals surface area contributed by atoms with Crippen LogP contribution >= 0.6 is 0 Å². The van der Waals surface area contributed by atoms with Crippen LogP contribution in [-0.2, 0) is 23.7 Å². The van der Waals surface area contributed by atoms with Crippen molar-refractivity contribution >= 4 is 5.91 Å². The van der Waals surface area contributed by atoms with E-state index in [2.05, 4.69) is 92.1 Å². The molecule has 0 spiro atoms. The summed E-state index contributed by atoms with van der Waals surface area (Å²) < 4.78 is 22.6. The average Bonchev–Trinajstić information content (AvgIpc) is 3.35. The zero-order chi connectivity index (χ0) is 50.3. The molecule has 398 valence electrons. The number of amides is 1. The Morgan fingerprint density at radius 2 is 1.00 bits per heavy atom. The van der Waals surface area contributed by atoms with Gasteiger partial charge in [0.15, 0.2) is 12.6 Å². The van der Waals surface area contributed by atoms with Crippen LogP contribution in [0.25, 0.3) is 0 Å². The van der Waals surface area contributed by atoms with Crippen molar-refractivity contribution in [1.29, 1.82) is 0 Å². The summed E-state index contributed by atoms with van der Waals surface area (Å²) in [5, 5.41) is 86.5.